The fraction of sp³-hybridized carbons (Fsp3) is 0.167. The molecule has 9 nitrogen and oxygen atoms in total. The van der Waals surface area contributed by atoms with E-state index in [1.807, 2.05) is 19.1 Å². The number of hydrazone groups is 1. The van der Waals surface area contributed by atoms with Crippen molar-refractivity contribution in [1.29, 1.82) is 0 Å². The number of phenolic OH excluding ortho intramolecular Hbond substituents is 1. The molecule has 2 aromatic rings. The second-order valence-electron chi connectivity index (χ2n) is 5.80. The molecule has 0 aliphatic heterocycles. The zero-order chi connectivity index (χ0) is 20.7. The standard InChI is InChI=1S/C18H17IN4O5/c1-11-8-13(19)2-4-15(11)21-17(25)6-7-18(26)22-20-10-12-9-14(23(27)28)3-5-16(12)24/h2-5,8-10,24H,6-7H2,1H3,(H,21,25)(H,22,26)/b20-10-. The van der Waals surface area contributed by atoms with Gasteiger partial charge < -0.3 is 10.4 Å². The first-order valence-corrected chi connectivity index (χ1v) is 9.19. The maximum Gasteiger partial charge on any atom is 0.270 e. The lowest BCUT2D eigenvalue weighted by Gasteiger charge is -2.08. The van der Waals surface area contributed by atoms with Crippen molar-refractivity contribution in [3.8, 4) is 5.75 Å². The molecule has 2 amide bonds. The molecule has 10 heteroatoms. The number of amides is 2. The highest BCUT2D eigenvalue weighted by molar-refractivity contribution is 14.1. The number of non-ortho nitro benzene ring substituents is 1. The lowest BCUT2D eigenvalue weighted by Crippen LogP contribution is -2.20. The molecule has 0 aliphatic rings. The Morgan fingerprint density at radius 1 is 1.21 bits per heavy atom. The molecule has 0 heterocycles. The summed E-state index contributed by atoms with van der Waals surface area (Å²) in [7, 11) is 0. The van der Waals surface area contributed by atoms with Crippen LogP contribution in [-0.2, 0) is 9.59 Å². The minimum absolute atomic E-state index is 0.0329. The lowest BCUT2D eigenvalue weighted by atomic mass is 10.2. The first-order chi connectivity index (χ1) is 13.3. The number of nitro benzene ring substituents is 1. The van der Waals surface area contributed by atoms with Crippen LogP contribution in [0.4, 0.5) is 11.4 Å². The predicted molar refractivity (Wildman–Crippen MR) is 112 cm³/mol. The summed E-state index contributed by atoms with van der Waals surface area (Å²) in [5, 5.41) is 26.8. The van der Waals surface area contributed by atoms with E-state index in [9.17, 15) is 24.8 Å². The summed E-state index contributed by atoms with van der Waals surface area (Å²) in [4.78, 5) is 33.9. The normalized spacial score (nSPS) is 10.6. The Labute approximate surface area is 174 Å². The van der Waals surface area contributed by atoms with E-state index < -0.39 is 10.8 Å². The molecule has 0 unspecified atom stereocenters. The molecule has 146 valence electrons. The second-order valence-corrected chi connectivity index (χ2v) is 7.05. The third-order valence-electron chi connectivity index (χ3n) is 3.66. The fourth-order valence-corrected chi connectivity index (χ4v) is 2.84. The number of halogens is 1. The molecule has 0 bridgehead atoms. The van der Waals surface area contributed by atoms with Crippen LogP contribution in [0.2, 0.25) is 0 Å². The number of nitro groups is 1. The number of hydrogen-bond donors (Lipinski definition) is 3. The Kier molecular flexibility index (Phi) is 7.44. The van der Waals surface area contributed by atoms with E-state index >= 15 is 0 Å². The lowest BCUT2D eigenvalue weighted by molar-refractivity contribution is -0.384. The van der Waals surface area contributed by atoms with Crippen molar-refractivity contribution in [2.45, 2.75) is 19.8 Å². The Morgan fingerprint density at radius 2 is 1.93 bits per heavy atom. The molecular weight excluding hydrogens is 479 g/mol. The van der Waals surface area contributed by atoms with Gasteiger partial charge in [-0.05, 0) is 59.3 Å². The summed E-state index contributed by atoms with van der Waals surface area (Å²) in [5.74, 6) is -1.02. The quantitative estimate of drug-likeness (QED) is 0.235. The van der Waals surface area contributed by atoms with E-state index in [0.717, 1.165) is 33.5 Å². The molecule has 3 N–H and O–H groups in total. The van der Waals surface area contributed by atoms with E-state index in [2.05, 4.69) is 38.4 Å². The van der Waals surface area contributed by atoms with Crippen LogP contribution in [0, 0.1) is 20.6 Å². The number of benzene rings is 2. The van der Waals surface area contributed by atoms with E-state index in [1.165, 1.54) is 0 Å². The van der Waals surface area contributed by atoms with Crippen molar-refractivity contribution >= 4 is 52.0 Å². The summed E-state index contributed by atoms with van der Waals surface area (Å²) in [6.07, 6.45) is 0.970. The van der Waals surface area contributed by atoms with Crippen molar-refractivity contribution in [1.82, 2.24) is 5.43 Å². The van der Waals surface area contributed by atoms with Gasteiger partial charge in [0.25, 0.3) is 5.69 Å². The Bertz CT molecular complexity index is 946. The number of rotatable bonds is 7. The summed E-state index contributed by atoms with van der Waals surface area (Å²) in [6, 6.07) is 9.04. The highest BCUT2D eigenvalue weighted by Crippen LogP contribution is 2.21. The number of aryl methyl sites for hydroxylation is 1. The molecule has 0 saturated heterocycles. The number of phenols is 1. The van der Waals surface area contributed by atoms with Gasteiger partial charge in [0.1, 0.15) is 5.75 Å². The summed E-state index contributed by atoms with van der Waals surface area (Å²) in [5.41, 5.74) is 3.69. The summed E-state index contributed by atoms with van der Waals surface area (Å²) >= 11 is 2.18. The first-order valence-electron chi connectivity index (χ1n) is 8.11. The number of aromatic hydroxyl groups is 1. The monoisotopic (exact) mass is 496 g/mol. The summed E-state index contributed by atoms with van der Waals surface area (Å²) in [6.45, 7) is 1.88. The molecule has 0 aliphatic carbocycles. The smallest absolute Gasteiger partial charge is 0.270 e. The number of carbonyl (C=O) groups is 2. The minimum Gasteiger partial charge on any atom is -0.507 e. The maximum atomic E-state index is 12.0. The zero-order valence-electron chi connectivity index (χ0n) is 14.8. The Hall–Kier alpha value is -3.02. The number of anilines is 1. The third kappa shape index (κ3) is 6.30. The zero-order valence-corrected chi connectivity index (χ0v) is 17.0. The Morgan fingerprint density at radius 3 is 2.61 bits per heavy atom. The molecule has 0 radical (unpaired) electrons. The number of carbonyl (C=O) groups excluding carboxylic acids is 2. The van der Waals surface area contributed by atoms with Gasteiger partial charge in [0.15, 0.2) is 0 Å². The van der Waals surface area contributed by atoms with Gasteiger partial charge in [-0.15, -0.1) is 0 Å². The topological polar surface area (TPSA) is 134 Å². The van der Waals surface area contributed by atoms with Crippen molar-refractivity contribution in [2.75, 3.05) is 5.32 Å². The average Bonchev–Trinajstić information content (AvgIpc) is 2.63. The minimum atomic E-state index is -0.608. The van der Waals surface area contributed by atoms with Crippen LogP contribution in [0.3, 0.4) is 0 Å². The molecule has 0 spiro atoms. The first kappa shape index (κ1) is 21.3. The molecule has 0 atom stereocenters. The van der Waals surface area contributed by atoms with Crippen LogP contribution < -0.4 is 10.7 Å². The van der Waals surface area contributed by atoms with Crippen LogP contribution in [0.1, 0.15) is 24.0 Å². The van der Waals surface area contributed by atoms with Gasteiger partial charge in [-0.1, -0.05) is 0 Å². The SMILES string of the molecule is Cc1cc(I)ccc1NC(=O)CCC(=O)N/N=C\c1cc([N+](=O)[O-])ccc1O. The maximum absolute atomic E-state index is 12.0. The van der Waals surface area contributed by atoms with E-state index in [-0.39, 0.29) is 35.7 Å². The molecule has 2 rings (SSSR count). The van der Waals surface area contributed by atoms with Crippen LogP contribution in [0.25, 0.3) is 0 Å². The molecule has 0 saturated carbocycles. The van der Waals surface area contributed by atoms with Crippen molar-refractivity contribution < 1.29 is 19.6 Å². The van der Waals surface area contributed by atoms with Gasteiger partial charge in [-0.25, -0.2) is 5.43 Å². The van der Waals surface area contributed by atoms with Crippen molar-refractivity contribution in [2.24, 2.45) is 5.10 Å². The third-order valence-corrected chi connectivity index (χ3v) is 4.33. The van der Waals surface area contributed by atoms with E-state index in [4.69, 9.17) is 0 Å². The summed E-state index contributed by atoms with van der Waals surface area (Å²) < 4.78 is 1.06. The van der Waals surface area contributed by atoms with Crippen molar-refractivity contribution in [3.63, 3.8) is 0 Å². The Balaban J connectivity index is 1.84. The fourth-order valence-electron chi connectivity index (χ4n) is 2.20. The van der Waals surface area contributed by atoms with Crippen LogP contribution >= 0.6 is 22.6 Å². The molecular formula is C18H17IN4O5. The van der Waals surface area contributed by atoms with E-state index in [1.54, 1.807) is 6.07 Å². The molecule has 2 aromatic carbocycles. The highest BCUT2D eigenvalue weighted by Gasteiger charge is 2.10. The second kappa shape index (κ2) is 9.78. The molecule has 0 fully saturated rings. The van der Waals surface area contributed by atoms with Gasteiger partial charge >= 0.3 is 0 Å². The van der Waals surface area contributed by atoms with Gasteiger partial charge in [0.2, 0.25) is 11.8 Å². The largest absolute Gasteiger partial charge is 0.507 e. The average molecular weight is 496 g/mol. The van der Waals surface area contributed by atoms with Crippen LogP contribution in [0.5, 0.6) is 5.75 Å². The molecule has 0 aromatic heterocycles. The van der Waals surface area contributed by atoms with Crippen LogP contribution in [-0.4, -0.2) is 28.1 Å². The number of hydrogen-bond acceptors (Lipinski definition) is 6. The van der Waals surface area contributed by atoms with Gasteiger partial charge in [0, 0.05) is 39.8 Å². The number of nitrogens with one attached hydrogen (secondary N) is 2. The van der Waals surface area contributed by atoms with Gasteiger partial charge in [0.05, 0.1) is 11.1 Å². The molecule has 28 heavy (non-hydrogen) atoms. The predicted octanol–water partition coefficient (Wildman–Crippen LogP) is 3.08. The van der Waals surface area contributed by atoms with Crippen LogP contribution in [0.15, 0.2) is 41.5 Å². The highest BCUT2D eigenvalue weighted by atomic mass is 127. The van der Waals surface area contributed by atoms with Gasteiger partial charge in [-0.2, -0.15) is 5.10 Å². The van der Waals surface area contributed by atoms with Gasteiger partial charge in [-0.3, -0.25) is 19.7 Å². The van der Waals surface area contributed by atoms with E-state index in [0.29, 0.717) is 5.69 Å². The number of nitrogens with zero attached hydrogens (tertiary/aromatic N) is 2. The van der Waals surface area contributed by atoms with Crippen molar-refractivity contribution in [3.05, 3.63) is 61.2 Å².